The molecule has 23 heavy (non-hydrogen) atoms. The van der Waals surface area contributed by atoms with Gasteiger partial charge in [-0.1, -0.05) is 20.8 Å². The Labute approximate surface area is 135 Å². The Hall–Kier alpha value is -2.44. The van der Waals surface area contributed by atoms with Gasteiger partial charge in [0.15, 0.2) is 5.69 Å². The summed E-state index contributed by atoms with van der Waals surface area (Å²) in [5.74, 6) is 0.0741. The fourth-order valence-corrected chi connectivity index (χ4v) is 3.47. The molecule has 3 rings (SSSR count). The summed E-state index contributed by atoms with van der Waals surface area (Å²) in [6, 6.07) is 0. The molecule has 2 aromatic heterocycles. The predicted octanol–water partition coefficient (Wildman–Crippen LogP) is 1.21. The second-order valence-corrected chi connectivity index (χ2v) is 6.54. The van der Waals surface area contributed by atoms with Crippen molar-refractivity contribution in [1.29, 1.82) is 0 Å². The molecule has 0 atom stereocenters. The Morgan fingerprint density at radius 3 is 2.70 bits per heavy atom. The van der Waals surface area contributed by atoms with Crippen molar-refractivity contribution < 1.29 is 4.79 Å². The summed E-state index contributed by atoms with van der Waals surface area (Å²) in [6.07, 6.45) is 1.55. The standard InChI is InChI=1S/C16H22N6O/c1-6-9-8-7-16(2,3)10-12(14(23)18-4)21-22(5)13(10)11(8)20-15(17)19-9/h6-7H2,1-5H3,(H,18,23)(H2,17,19,20). The summed E-state index contributed by atoms with van der Waals surface area (Å²) in [5, 5.41) is 7.11. The van der Waals surface area contributed by atoms with Gasteiger partial charge in [0, 0.05) is 30.9 Å². The van der Waals surface area contributed by atoms with Crippen LogP contribution in [0.15, 0.2) is 0 Å². The molecule has 3 N–H and O–H groups in total. The maximum atomic E-state index is 12.2. The van der Waals surface area contributed by atoms with Crippen molar-refractivity contribution in [2.45, 2.75) is 39.0 Å². The van der Waals surface area contributed by atoms with Gasteiger partial charge in [-0.3, -0.25) is 9.48 Å². The van der Waals surface area contributed by atoms with Crippen molar-refractivity contribution in [2.24, 2.45) is 7.05 Å². The van der Waals surface area contributed by atoms with E-state index >= 15 is 0 Å². The van der Waals surface area contributed by atoms with E-state index in [2.05, 4.69) is 41.2 Å². The van der Waals surface area contributed by atoms with E-state index in [1.54, 1.807) is 11.7 Å². The van der Waals surface area contributed by atoms with Gasteiger partial charge in [0.25, 0.3) is 5.91 Å². The Morgan fingerprint density at radius 2 is 2.09 bits per heavy atom. The number of nitrogens with two attached hydrogens (primary N) is 1. The summed E-state index contributed by atoms with van der Waals surface area (Å²) in [4.78, 5) is 21.1. The van der Waals surface area contributed by atoms with E-state index in [4.69, 9.17) is 5.73 Å². The van der Waals surface area contributed by atoms with Crippen LogP contribution < -0.4 is 11.1 Å². The van der Waals surface area contributed by atoms with E-state index in [-0.39, 0.29) is 17.3 Å². The number of hydrogen-bond acceptors (Lipinski definition) is 5. The van der Waals surface area contributed by atoms with Gasteiger partial charge in [0.2, 0.25) is 5.95 Å². The zero-order valence-electron chi connectivity index (χ0n) is 14.2. The van der Waals surface area contributed by atoms with E-state index in [1.165, 1.54) is 0 Å². The normalized spacial score (nSPS) is 15.0. The van der Waals surface area contributed by atoms with Crippen LogP contribution in [-0.2, 0) is 25.3 Å². The van der Waals surface area contributed by atoms with Crippen molar-refractivity contribution in [3.05, 3.63) is 22.5 Å². The molecular weight excluding hydrogens is 292 g/mol. The molecule has 7 heteroatoms. The van der Waals surface area contributed by atoms with E-state index in [1.807, 2.05) is 7.05 Å². The van der Waals surface area contributed by atoms with Crippen molar-refractivity contribution in [2.75, 3.05) is 12.8 Å². The van der Waals surface area contributed by atoms with Crippen LogP contribution >= 0.6 is 0 Å². The van der Waals surface area contributed by atoms with Crippen molar-refractivity contribution in [3.63, 3.8) is 0 Å². The Balaban J connectivity index is 2.38. The van der Waals surface area contributed by atoms with Gasteiger partial charge in [-0.05, 0) is 18.3 Å². The molecule has 0 aromatic carbocycles. The van der Waals surface area contributed by atoms with Crippen LogP contribution in [0.4, 0.5) is 5.95 Å². The van der Waals surface area contributed by atoms with E-state index < -0.39 is 0 Å². The molecule has 1 amide bonds. The lowest BCUT2D eigenvalue weighted by atomic mass is 9.72. The number of aryl methyl sites for hydroxylation is 2. The van der Waals surface area contributed by atoms with Crippen LogP contribution in [0.3, 0.4) is 0 Å². The molecule has 0 aliphatic heterocycles. The third kappa shape index (κ3) is 2.18. The molecule has 2 aromatic rings. The summed E-state index contributed by atoms with van der Waals surface area (Å²) >= 11 is 0. The average molecular weight is 314 g/mol. The molecule has 122 valence electrons. The second kappa shape index (κ2) is 5.04. The van der Waals surface area contributed by atoms with E-state index in [0.717, 1.165) is 41.1 Å². The molecule has 0 unspecified atom stereocenters. The minimum absolute atomic E-state index is 0.184. The van der Waals surface area contributed by atoms with Crippen molar-refractivity contribution >= 4 is 11.9 Å². The Morgan fingerprint density at radius 1 is 1.39 bits per heavy atom. The predicted molar refractivity (Wildman–Crippen MR) is 88.1 cm³/mol. The van der Waals surface area contributed by atoms with Crippen LogP contribution in [0.5, 0.6) is 0 Å². The Bertz CT molecular complexity index is 805. The number of fused-ring (bicyclic) bond motifs is 3. The fourth-order valence-electron chi connectivity index (χ4n) is 3.47. The number of nitrogens with zero attached hydrogens (tertiary/aromatic N) is 4. The fraction of sp³-hybridized carbons (Fsp3) is 0.500. The molecular formula is C16H22N6O. The van der Waals surface area contributed by atoms with E-state index in [9.17, 15) is 4.79 Å². The number of hydrogen-bond donors (Lipinski definition) is 2. The van der Waals surface area contributed by atoms with Crippen molar-refractivity contribution in [1.82, 2.24) is 25.1 Å². The topological polar surface area (TPSA) is 98.7 Å². The zero-order valence-corrected chi connectivity index (χ0v) is 14.2. The third-order valence-corrected chi connectivity index (χ3v) is 4.45. The smallest absolute Gasteiger partial charge is 0.271 e. The molecule has 1 aliphatic rings. The number of amides is 1. The molecule has 0 bridgehead atoms. The number of nitrogen functional groups attached to an aromatic ring is 1. The number of aromatic nitrogens is 4. The number of rotatable bonds is 2. The van der Waals surface area contributed by atoms with Crippen LogP contribution in [0, 0.1) is 0 Å². The molecule has 7 nitrogen and oxygen atoms in total. The summed E-state index contributed by atoms with van der Waals surface area (Å²) in [5.41, 5.74) is 10.8. The van der Waals surface area contributed by atoms with Gasteiger partial charge in [-0.25, -0.2) is 9.97 Å². The number of carbonyl (C=O) groups excluding carboxylic acids is 1. The van der Waals surface area contributed by atoms with Crippen LogP contribution in [0.1, 0.15) is 48.1 Å². The lowest BCUT2D eigenvalue weighted by Gasteiger charge is -2.32. The van der Waals surface area contributed by atoms with Gasteiger partial charge >= 0.3 is 0 Å². The highest BCUT2D eigenvalue weighted by molar-refractivity contribution is 5.96. The quantitative estimate of drug-likeness (QED) is 0.868. The molecule has 0 radical (unpaired) electrons. The van der Waals surface area contributed by atoms with Gasteiger partial charge < -0.3 is 11.1 Å². The first-order valence-corrected chi connectivity index (χ1v) is 7.75. The lowest BCUT2D eigenvalue weighted by Crippen LogP contribution is -2.31. The van der Waals surface area contributed by atoms with Crippen molar-refractivity contribution in [3.8, 4) is 11.4 Å². The van der Waals surface area contributed by atoms with Gasteiger partial charge in [0.05, 0.1) is 11.4 Å². The molecule has 0 fully saturated rings. The zero-order chi connectivity index (χ0) is 16.9. The first-order chi connectivity index (χ1) is 10.8. The first-order valence-electron chi connectivity index (χ1n) is 7.75. The highest BCUT2D eigenvalue weighted by Crippen LogP contribution is 2.44. The maximum Gasteiger partial charge on any atom is 0.271 e. The SMILES string of the molecule is CCc1nc(N)nc2c1CC(C)(C)c1c(C(=O)NC)nn(C)c1-2. The number of nitrogens with one attached hydrogen (secondary N) is 1. The average Bonchev–Trinajstić information content (AvgIpc) is 2.85. The maximum absolute atomic E-state index is 12.2. The molecule has 1 aliphatic carbocycles. The number of carbonyl (C=O) groups is 1. The summed E-state index contributed by atoms with van der Waals surface area (Å²) in [7, 11) is 3.45. The monoisotopic (exact) mass is 314 g/mol. The Kier molecular flexibility index (Phi) is 3.39. The summed E-state index contributed by atoms with van der Waals surface area (Å²) < 4.78 is 1.73. The number of anilines is 1. The van der Waals surface area contributed by atoms with E-state index in [0.29, 0.717) is 5.69 Å². The third-order valence-electron chi connectivity index (χ3n) is 4.45. The molecule has 2 heterocycles. The first kappa shape index (κ1) is 15.5. The minimum Gasteiger partial charge on any atom is -0.368 e. The molecule has 0 spiro atoms. The minimum atomic E-state index is -0.234. The van der Waals surface area contributed by atoms with Gasteiger partial charge in [0.1, 0.15) is 0 Å². The summed E-state index contributed by atoms with van der Waals surface area (Å²) in [6.45, 7) is 6.31. The highest BCUT2D eigenvalue weighted by Gasteiger charge is 2.40. The molecule has 0 saturated heterocycles. The van der Waals surface area contributed by atoms with Crippen LogP contribution in [-0.4, -0.2) is 32.7 Å². The second-order valence-electron chi connectivity index (χ2n) is 6.54. The van der Waals surface area contributed by atoms with Gasteiger partial charge in [-0.2, -0.15) is 5.10 Å². The lowest BCUT2D eigenvalue weighted by molar-refractivity contribution is 0.0955. The molecule has 0 saturated carbocycles. The highest BCUT2D eigenvalue weighted by atomic mass is 16.1. The largest absolute Gasteiger partial charge is 0.368 e. The van der Waals surface area contributed by atoms with Gasteiger partial charge in [-0.15, -0.1) is 0 Å². The van der Waals surface area contributed by atoms with Crippen LogP contribution in [0.25, 0.3) is 11.4 Å². The van der Waals surface area contributed by atoms with Crippen LogP contribution in [0.2, 0.25) is 0 Å².